The Morgan fingerprint density at radius 3 is 2.07 bits per heavy atom. The maximum absolute atomic E-state index is 11.4. The van der Waals surface area contributed by atoms with Gasteiger partial charge in [0.25, 0.3) is 10.1 Å². The van der Waals surface area contributed by atoms with Gasteiger partial charge in [0, 0.05) is 22.5 Å². The molecule has 0 aliphatic carbocycles. The fraction of sp³-hybridized carbons (Fsp3) is 0. The molecule has 28 heavy (non-hydrogen) atoms. The second-order valence-corrected chi connectivity index (χ2v) is 8.74. The van der Waals surface area contributed by atoms with Crippen molar-refractivity contribution in [3.63, 3.8) is 0 Å². The normalized spacial score (nSPS) is 12.6. The quantitative estimate of drug-likeness (QED) is 0.282. The first-order valence-corrected chi connectivity index (χ1v) is 10.5. The minimum Gasteiger partial charge on any atom is -0.507 e. The van der Waals surface area contributed by atoms with Gasteiger partial charge in [-0.1, -0.05) is 0 Å². The standard InChI is InChI=1S/C16H14N4O6S2/c17-13-5-6-14(12-7-11(28(24,25)26)8-15(21)16(12)13)20-19-9-1-3-10(4-2-9)27(18,22)23/h1-8,21H,17H2,(H2,18,22,23)(H,24,25,26). The molecule has 10 nitrogen and oxygen atoms in total. The maximum atomic E-state index is 11.4. The number of phenols is 1. The fourth-order valence-electron chi connectivity index (χ4n) is 2.50. The number of aromatic hydroxyl groups is 1. The third-order valence-corrected chi connectivity index (χ3v) is 5.57. The van der Waals surface area contributed by atoms with Gasteiger partial charge in [0.15, 0.2) is 0 Å². The molecule has 0 fully saturated rings. The molecule has 0 saturated carbocycles. The number of nitrogens with two attached hydrogens (primary N) is 2. The van der Waals surface area contributed by atoms with Gasteiger partial charge in [-0.25, -0.2) is 13.6 Å². The largest absolute Gasteiger partial charge is 0.507 e. The van der Waals surface area contributed by atoms with E-state index in [0.717, 1.165) is 12.1 Å². The van der Waals surface area contributed by atoms with Crippen molar-refractivity contribution in [1.82, 2.24) is 0 Å². The zero-order valence-corrected chi connectivity index (χ0v) is 15.6. The Labute approximate surface area is 159 Å². The Kier molecular flexibility index (Phi) is 4.81. The Morgan fingerprint density at radius 1 is 0.857 bits per heavy atom. The van der Waals surface area contributed by atoms with Gasteiger partial charge in [0.2, 0.25) is 10.0 Å². The van der Waals surface area contributed by atoms with E-state index in [2.05, 4.69) is 10.2 Å². The number of rotatable bonds is 4. The lowest BCUT2D eigenvalue weighted by Crippen LogP contribution is -2.11. The van der Waals surface area contributed by atoms with Gasteiger partial charge in [0.1, 0.15) is 5.75 Å². The van der Waals surface area contributed by atoms with Crippen LogP contribution in [0.5, 0.6) is 5.75 Å². The summed E-state index contributed by atoms with van der Waals surface area (Å²) in [5.74, 6) is -0.447. The first-order chi connectivity index (χ1) is 13.0. The molecular formula is C16H14N4O6S2. The molecule has 0 unspecified atom stereocenters. The summed E-state index contributed by atoms with van der Waals surface area (Å²) in [7, 11) is -8.41. The molecule has 0 heterocycles. The summed E-state index contributed by atoms with van der Waals surface area (Å²) in [6, 6.07) is 10.2. The number of azo groups is 1. The minimum absolute atomic E-state index is 0.0906. The number of primary sulfonamides is 1. The predicted octanol–water partition coefficient (Wildman–Crippen LogP) is 2.44. The lowest BCUT2D eigenvalue weighted by atomic mass is 10.1. The van der Waals surface area contributed by atoms with Crippen molar-refractivity contribution in [2.45, 2.75) is 9.79 Å². The van der Waals surface area contributed by atoms with Crippen LogP contribution in [-0.4, -0.2) is 26.5 Å². The number of hydrogen-bond donors (Lipinski definition) is 4. The van der Waals surface area contributed by atoms with Crippen LogP contribution in [0.1, 0.15) is 0 Å². The van der Waals surface area contributed by atoms with Crippen LogP contribution in [0.25, 0.3) is 10.8 Å². The summed E-state index contributed by atoms with van der Waals surface area (Å²) < 4.78 is 54.6. The number of anilines is 1. The lowest BCUT2D eigenvalue weighted by molar-refractivity contribution is 0.471. The highest BCUT2D eigenvalue weighted by Crippen LogP contribution is 2.38. The highest BCUT2D eigenvalue weighted by molar-refractivity contribution is 7.89. The van der Waals surface area contributed by atoms with Gasteiger partial charge < -0.3 is 10.8 Å². The Hall–Kier alpha value is -3.06. The molecule has 0 spiro atoms. The summed E-state index contributed by atoms with van der Waals surface area (Å²) in [5.41, 5.74) is 6.47. The second-order valence-electron chi connectivity index (χ2n) is 5.75. The number of nitrogens with zero attached hydrogens (tertiary/aromatic N) is 2. The Bertz CT molecular complexity index is 1320. The monoisotopic (exact) mass is 422 g/mol. The van der Waals surface area contributed by atoms with Gasteiger partial charge >= 0.3 is 0 Å². The number of sulfonamides is 1. The third kappa shape index (κ3) is 3.94. The van der Waals surface area contributed by atoms with E-state index in [1.165, 1.54) is 36.4 Å². The van der Waals surface area contributed by atoms with Gasteiger partial charge in [0.05, 0.1) is 21.2 Å². The van der Waals surface area contributed by atoms with E-state index in [-0.39, 0.29) is 27.0 Å². The molecule has 3 aromatic rings. The zero-order chi connectivity index (χ0) is 20.7. The lowest BCUT2D eigenvalue weighted by Gasteiger charge is -2.09. The van der Waals surface area contributed by atoms with Crippen LogP contribution < -0.4 is 10.9 Å². The Balaban J connectivity index is 2.11. The van der Waals surface area contributed by atoms with E-state index in [0.29, 0.717) is 5.69 Å². The zero-order valence-electron chi connectivity index (χ0n) is 14.0. The molecule has 146 valence electrons. The van der Waals surface area contributed by atoms with Crippen LogP contribution in [0.15, 0.2) is 68.6 Å². The first-order valence-electron chi connectivity index (χ1n) is 7.54. The highest BCUT2D eigenvalue weighted by Gasteiger charge is 2.17. The smallest absolute Gasteiger partial charge is 0.294 e. The van der Waals surface area contributed by atoms with Crippen molar-refractivity contribution >= 4 is 48.0 Å². The van der Waals surface area contributed by atoms with Gasteiger partial charge in [-0.15, -0.1) is 5.11 Å². The van der Waals surface area contributed by atoms with E-state index in [4.69, 9.17) is 10.9 Å². The average Bonchev–Trinajstić information content (AvgIpc) is 2.59. The molecule has 3 rings (SSSR count). The SMILES string of the molecule is Nc1ccc(N=Nc2ccc(S(N)(=O)=O)cc2)c2cc(S(=O)(=O)O)cc(O)c12. The van der Waals surface area contributed by atoms with Crippen molar-refractivity contribution in [3.05, 3.63) is 48.5 Å². The highest BCUT2D eigenvalue weighted by atomic mass is 32.2. The molecule has 0 aromatic heterocycles. The summed E-state index contributed by atoms with van der Waals surface area (Å²) in [6.07, 6.45) is 0. The van der Waals surface area contributed by atoms with Crippen LogP contribution in [-0.2, 0) is 20.1 Å². The molecule has 0 saturated heterocycles. The molecule has 0 aliphatic rings. The van der Waals surface area contributed by atoms with Crippen molar-refractivity contribution in [2.75, 3.05) is 5.73 Å². The van der Waals surface area contributed by atoms with Crippen LogP contribution in [0.4, 0.5) is 17.1 Å². The van der Waals surface area contributed by atoms with Gasteiger partial charge in [-0.2, -0.15) is 13.5 Å². The number of hydrogen-bond acceptors (Lipinski definition) is 8. The number of benzene rings is 3. The van der Waals surface area contributed by atoms with Crippen LogP contribution in [0, 0.1) is 0 Å². The number of fused-ring (bicyclic) bond motifs is 1. The minimum atomic E-state index is -4.57. The average molecular weight is 422 g/mol. The second kappa shape index (κ2) is 6.83. The van der Waals surface area contributed by atoms with Gasteiger partial charge in [-0.3, -0.25) is 4.55 Å². The van der Waals surface area contributed by atoms with Gasteiger partial charge in [-0.05, 0) is 42.5 Å². The van der Waals surface area contributed by atoms with Crippen molar-refractivity contribution in [2.24, 2.45) is 15.4 Å². The van der Waals surface area contributed by atoms with Crippen molar-refractivity contribution in [3.8, 4) is 5.75 Å². The molecule has 0 aliphatic heterocycles. The fourth-order valence-corrected chi connectivity index (χ4v) is 3.54. The first kappa shape index (κ1) is 19.7. The van der Waals surface area contributed by atoms with Crippen LogP contribution in [0.2, 0.25) is 0 Å². The molecule has 6 N–H and O–H groups in total. The summed E-state index contributed by atoms with van der Waals surface area (Å²) in [4.78, 5) is -0.621. The Morgan fingerprint density at radius 2 is 1.50 bits per heavy atom. The maximum Gasteiger partial charge on any atom is 0.294 e. The van der Waals surface area contributed by atoms with E-state index < -0.39 is 30.8 Å². The molecule has 0 atom stereocenters. The van der Waals surface area contributed by atoms with E-state index in [1.54, 1.807) is 0 Å². The number of nitrogen functional groups attached to an aromatic ring is 1. The van der Waals surface area contributed by atoms with Crippen LogP contribution >= 0.6 is 0 Å². The summed E-state index contributed by atoms with van der Waals surface area (Å²) in [6.45, 7) is 0. The summed E-state index contributed by atoms with van der Waals surface area (Å²) in [5, 5.41) is 23.4. The van der Waals surface area contributed by atoms with Crippen molar-refractivity contribution in [1.29, 1.82) is 0 Å². The number of phenolic OH excluding ortho intramolecular Hbond substituents is 1. The molecule has 0 radical (unpaired) electrons. The van der Waals surface area contributed by atoms with E-state index >= 15 is 0 Å². The topological polar surface area (TPSA) is 185 Å². The van der Waals surface area contributed by atoms with Crippen molar-refractivity contribution < 1.29 is 26.5 Å². The molecule has 3 aromatic carbocycles. The molecule has 0 amide bonds. The van der Waals surface area contributed by atoms with E-state index in [9.17, 15) is 26.5 Å². The molecular weight excluding hydrogens is 408 g/mol. The van der Waals surface area contributed by atoms with E-state index in [1.807, 2.05) is 0 Å². The van der Waals surface area contributed by atoms with Crippen LogP contribution in [0.3, 0.4) is 0 Å². The molecule has 12 heteroatoms. The summed E-state index contributed by atoms with van der Waals surface area (Å²) >= 11 is 0. The predicted molar refractivity (Wildman–Crippen MR) is 102 cm³/mol. The third-order valence-electron chi connectivity index (χ3n) is 3.81. The molecule has 0 bridgehead atoms.